The van der Waals surface area contributed by atoms with Crippen molar-refractivity contribution in [3.05, 3.63) is 30.1 Å². The first-order valence-corrected chi connectivity index (χ1v) is 6.83. The van der Waals surface area contributed by atoms with Crippen molar-refractivity contribution in [1.82, 2.24) is 14.9 Å². The maximum Gasteiger partial charge on any atom is 0.123 e. The van der Waals surface area contributed by atoms with Crippen LogP contribution in [0.25, 0.3) is 11.0 Å². The summed E-state index contributed by atoms with van der Waals surface area (Å²) in [6.07, 6.45) is 5.28. The second kappa shape index (κ2) is 4.39. The maximum atomic E-state index is 4.70. The van der Waals surface area contributed by atoms with Gasteiger partial charge in [-0.1, -0.05) is 25.0 Å². The van der Waals surface area contributed by atoms with Gasteiger partial charge in [-0.05, 0) is 31.9 Å². The van der Waals surface area contributed by atoms with Gasteiger partial charge in [0.2, 0.25) is 0 Å². The molecule has 1 fully saturated rings. The number of aromatic nitrogens is 2. The van der Waals surface area contributed by atoms with Gasteiger partial charge in [-0.25, -0.2) is 4.98 Å². The van der Waals surface area contributed by atoms with Gasteiger partial charge >= 0.3 is 0 Å². The van der Waals surface area contributed by atoms with Crippen LogP contribution in [0.1, 0.15) is 38.4 Å². The predicted octanol–water partition coefficient (Wildman–Crippen LogP) is 3.00. The molecule has 96 valence electrons. The van der Waals surface area contributed by atoms with Gasteiger partial charge in [-0.2, -0.15) is 0 Å². The first-order chi connectivity index (χ1) is 8.68. The normalized spacial score (nSPS) is 18.6. The van der Waals surface area contributed by atoms with E-state index in [1.165, 1.54) is 31.2 Å². The molecule has 2 aromatic rings. The van der Waals surface area contributed by atoms with E-state index in [4.69, 9.17) is 4.98 Å². The number of aryl methyl sites for hydroxylation is 1. The standard InChI is InChI=1S/C15H21N3/c1-15(9-5-6-10-15)16-11-14-17-12-7-3-4-8-13(12)18(14)2/h3-4,7-8,16H,5-6,9-11H2,1-2H3. The minimum Gasteiger partial charge on any atom is -0.330 e. The molecule has 1 saturated carbocycles. The molecular formula is C15H21N3. The summed E-state index contributed by atoms with van der Waals surface area (Å²) < 4.78 is 2.20. The van der Waals surface area contributed by atoms with E-state index in [-0.39, 0.29) is 0 Å². The Kier molecular flexibility index (Phi) is 2.86. The van der Waals surface area contributed by atoms with Crippen molar-refractivity contribution in [2.45, 2.75) is 44.7 Å². The lowest BCUT2D eigenvalue weighted by Gasteiger charge is -2.25. The third-order valence-electron chi connectivity index (χ3n) is 4.26. The summed E-state index contributed by atoms with van der Waals surface area (Å²) in [7, 11) is 2.10. The van der Waals surface area contributed by atoms with Gasteiger partial charge in [-0.3, -0.25) is 0 Å². The number of hydrogen-bond acceptors (Lipinski definition) is 2. The maximum absolute atomic E-state index is 4.70. The third-order valence-corrected chi connectivity index (χ3v) is 4.26. The summed E-state index contributed by atoms with van der Waals surface area (Å²) in [4.78, 5) is 4.70. The molecule has 0 unspecified atom stereocenters. The SMILES string of the molecule is Cn1c(CNC2(C)CCCC2)nc2ccccc21. The highest BCUT2D eigenvalue weighted by Crippen LogP contribution is 2.29. The Bertz CT molecular complexity index is 550. The Morgan fingerprint density at radius 1 is 1.28 bits per heavy atom. The predicted molar refractivity (Wildman–Crippen MR) is 74.4 cm³/mol. The molecule has 1 aliphatic rings. The van der Waals surface area contributed by atoms with Crippen LogP contribution in [0, 0.1) is 0 Å². The number of benzene rings is 1. The van der Waals surface area contributed by atoms with Gasteiger partial charge in [0.25, 0.3) is 0 Å². The Balaban J connectivity index is 1.80. The highest BCUT2D eigenvalue weighted by atomic mass is 15.1. The van der Waals surface area contributed by atoms with E-state index in [0.29, 0.717) is 5.54 Å². The molecule has 3 heteroatoms. The quantitative estimate of drug-likeness (QED) is 0.898. The van der Waals surface area contributed by atoms with E-state index in [2.05, 4.69) is 42.1 Å². The lowest BCUT2D eigenvalue weighted by molar-refractivity contribution is 0.356. The van der Waals surface area contributed by atoms with Crippen LogP contribution in [0.15, 0.2) is 24.3 Å². The van der Waals surface area contributed by atoms with Crippen molar-refractivity contribution >= 4 is 11.0 Å². The third kappa shape index (κ3) is 2.03. The number of nitrogens with one attached hydrogen (secondary N) is 1. The van der Waals surface area contributed by atoms with Crippen LogP contribution in [0.2, 0.25) is 0 Å². The minimum atomic E-state index is 0.318. The fourth-order valence-electron chi connectivity index (χ4n) is 2.98. The van der Waals surface area contributed by atoms with Crippen molar-refractivity contribution in [2.75, 3.05) is 0 Å². The van der Waals surface area contributed by atoms with E-state index < -0.39 is 0 Å². The summed E-state index contributed by atoms with van der Waals surface area (Å²) >= 11 is 0. The topological polar surface area (TPSA) is 29.9 Å². The molecule has 1 heterocycles. The summed E-state index contributed by atoms with van der Waals surface area (Å²) in [6, 6.07) is 8.32. The summed E-state index contributed by atoms with van der Waals surface area (Å²) in [5.74, 6) is 1.13. The number of rotatable bonds is 3. The Labute approximate surface area is 108 Å². The van der Waals surface area contributed by atoms with Crippen LogP contribution in [0.3, 0.4) is 0 Å². The fraction of sp³-hybridized carbons (Fsp3) is 0.533. The van der Waals surface area contributed by atoms with Gasteiger partial charge in [-0.15, -0.1) is 0 Å². The molecule has 1 aliphatic carbocycles. The van der Waals surface area contributed by atoms with Gasteiger partial charge < -0.3 is 9.88 Å². The molecule has 1 aromatic heterocycles. The molecule has 0 amide bonds. The van der Waals surface area contributed by atoms with Gasteiger partial charge in [0.1, 0.15) is 5.82 Å². The van der Waals surface area contributed by atoms with Gasteiger partial charge in [0.05, 0.1) is 17.6 Å². The molecule has 0 atom stereocenters. The molecule has 1 aromatic carbocycles. The highest BCUT2D eigenvalue weighted by Gasteiger charge is 2.28. The van der Waals surface area contributed by atoms with Crippen LogP contribution in [0.4, 0.5) is 0 Å². The van der Waals surface area contributed by atoms with Gasteiger partial charge in [0, 0.05) is 12.6 Å². The number of nitrogens with zero attached hydrogens (tertiary/aromatic N) is 2. The average Bonchev–Trinajstić information content (AvgIpc) is 2.93. The summed E-state index contributed by atoms with van der Waals surface area (Å²) in [6.45, 7) is 3.20. The molecular weight excluding hydrogens is 222 g/mol. The molecule has 0 radical (unpaired) electrons. The Hall–Kier alpha value is -1.35. The number of imidazole rings is 1. The van der Waals surface area contributed by atoms with Crippen LogP contribution in [-0.2, 0) is 13.6 Å². The van der Waals surface area contributed by atoms with Crippen LogP contribution in [-0.4, -0.2) is 15.1 Å². The second-order valence-corrected chi connectivity index (χ2v) is 5.70. The Morgan fingerprint density at radius 3 is 2.72 bits per heavy atom. The number of fused-ring (bicyclic) bond motifs is 1. The number of para-hydroxylation sites is 2. The first kappa shape index (κ1) is 11.7. The Morgan fingerprint density at radius 2 is 2.00 bits per heavy atom. The van der Waals surface area contributed by atoms with E-state index in [0.717, 1.165) is 17.9 Å². The lowest BCUT2D eigenvalue weighted by Crippen LogP contribution is -2.39. The minimum absolute atomic E-state index is 0.318. The second-order valence-electron chi connectivity index (χ2n) is 5.70. The first-order valence-electron chi connectivity index (χ1n) is 6.83. The molecule has 0 aliphatic heterocycles. The molecule has 0 saturated heterocycles. The van der Waals surface area contributed by atoms with E-state index >= 15 is 0 Å². The zero-order valence-corrected chi connectivity index (χ0v) is 11.2. The summed E-state index contributed by atoms with van der Waals surface area (Å²) in [5.41, 5.74) is 2.62. The van der Waals surface area contributed by atoms with Crippen molar-refractivity contribution in [1.29, 1.82) is 0 Å². The van der Waals surface area contributed by atoms with E-state index in [1.54, 1.807) is 0 Å². The zero-order valence-electron chi connectivity index (χ0n) is 11.2. The van der Waals surface area contributed by atoms with Crippen molar-refractivity contribution in [3.63, 3.8) is 0 Å². The average molecular weight is 243 g/mol. The number of hydrogen-bond donors (Lipinski definition) is 1. The van der Waals surface area contributed by atoms with Crippen molar-refractivity contribution in [2.24, 2.45) is 7.05 Å². The van der Waals surface area contributed by atoms with Crippen LogP contribution < -0.4 is 5.32 Å². The van der Waals surface area contributed by atoms with Gasteiger partial charge in [0.15, 0.2) is 0 Å². The van der Waals surface area contributed by atoms with Crippen LogP contribution >= 0.6 is 0 Å². The van der Waals surface area contributed by atoms with Crippen LogP contribution in [0.5, 0.6) is 0 Å². The molecule has 0 spiro atoms. The molecule has 0 bridgehead atoms. The zero-order chi connectivity index (χ0) is 12.6. The summed E-state index contributed by atoms with van der Waals surface area (Å²) in [5, 5.41) is 3.69. The lowest BCUT2D eigenvalue weighted by atomic mass is 10.0. The fourth-order valence-corrected chi connectivity index (χ4v) is 2.98. The molecule has 3 nitrogen and oxygen atoms in total. The highest BCUT2D eigenvalue weighted by molar-refractivity contribution is 5.75. The molecule has 18 heavy (non-hydrogen) atoms. The smallest absolute Gasteiger partial charge is 0.123 e. The van der Waals surface area contributed by atoms with Crippen molar-refractivity contribution in [3.8, 4) is 0 Å². The van der Waals surface area contributed by atoms with E-state index in [1.807, 2.05) is 6.07 Å². The van der Waals surface area contributed by atoms with Crippen molar-refractivity contribution < 1.29 is 0 Å². The largest absolute Gasteiger partial charge is 0.330 e. The monoisotopic (exact) mass is 243 g/mol. The molecule has 3 rings (SSSR count). The molecule has 1 N–H and O–H groups in total. The van der Waals surface area contributed by atoms with E-state index in [9.17, 15) is 0 Å².